The quantitative estimate of drug-likeness (QED) is 0.181. The van der Waals surface area contributed by atoms with Crippen LogP contribution < -0.4 is 20.5 Å². The zero-order valence-electron chi connectivity index (χ0n) is 25.4. The van der Waals surface area contributed by atoms with Crippen molar-refractivity contribution in [1.29, 1.82) is 0 Å². The Morgan fingerprint density at radius 2 is 1.93 bits per heavy atom. The van der Waals surface area contributed by atoms with Crippen molar-refractivity contribution in [3.8, 4) is 22.8 Å². The van der Waals surface area contributed by atoms with Crippen molar-refractivity contribution in [1.82, 2.24) is 20.1 Å². The monoisotopic (exact) mass is 647 g/mol. The molecule has 2 amide bonds. The summed E-state index contributed by atoms with van der Waals surface area (Å²) >= 11 is 5.95. The second-order valence-corrected chi connectivity index (χ2v) is 12.9. The molecule has 1 atom stereocenters. The van der Waals surface area contributed by atoms with Gasteiger partial charge in [0.05, 0.1) is 42.4 Å². The molecule has 10 nitrogen and oxygen atoms in total. The number of carbonyl (C=O) groups excluding carboxylic acids is 2. The predicted molar refractivity (Wildman–Crippen MR) is 169 cm³/mol. The van der Waals surface area contributed by atoms with Crippen molar-refractivity contribution in [3.05, 3.63) is 70.3 Å². The summed E-state index contributed by atoms with van der Waals surface area (Å²) in [4.78, 5) is 30.6. The number of aliphatic hydroxyl groups is 1. The Labute approximate surface area is 270 Å². The van der Waals surface area contributed by atoms with E-state index in [1.165, 1.54) is 12.1 Å². The van der Waals surface area contributed by atoms with E-state index in [-0.39, 0.29) is 59.7 Å². The number of pyridine rings is 1. The Morgan fingerprint density at radius 1 is 1.15 bits per heavy atom. The second-order valence-electron chi connectivity index (χ2n) is 12.5. The molecule has 4 N–H and O–H groups in total. The number of aromatic nitrogens is 3. The molecule has 4 aromatic rings. The molecule has 7 rings (SSSR count). The van der Waals surface area contributed by atoms with Gasteiger partial charge in [-0.15, -0.1) is 0 Å². The summed E-state index contributed by atoms with van der Waals surface area (Å²) in [6.07, 6.45) is 7.39. The number of fused-ring (bicyclic) bond motifs is 1. The summed E-state index contributed by atoms with van der Waals surface area (Å²) in [5.41, 5.74) is 6.33. The fourth-order valence-corrected chi connectivity index (χ4v) is 5.95. The Kier molecular flexibility index (Phi) is 7.84. The van der Waals surface area contributed by atoms with Crippen LogP contribution in [0.1, 0.15) is 73.1 Å². The van der Waals surface area contributed by atoms with Crippen LogP contribution in [-0.2, 0) is 16.8 Å². The number of carbonyl (C=O) groups is 2. The summed E-state index contributed by atoms with van der Waals surface area (Å²) in [6, 6.07) is 9.70. The van der Waals surface area contributed by atoms with Gasteiger partial charge in [-0.05, 0) is 81.7 Å². The maximum atomic E-state index is 14.6. The lowest BCUT2D eigenvalue weighted by atomic mass is 9.90. The van der Waals surface area contributed by atoms with Gasteiger partial charge in [-0.1, -0.05) is 17.7 Å². The number of primary amides is 1. The standard InChI is InChI=1S/C34H35ClFN5O5/c1-2-45-32-19(15-29(37)42)14-28(39-31(32)18-3-10-25(35)26(36)12-18)34(44,22-4-5-22)17-38-33(43)20-11-21-16-41(23-6-7-23)40-30(21)27(13-20)46-24-8-9-24/h3,10-14,16,22-24,44H,2,4-9,15,17H2,1H3,(H2,37,42)(H,38,43)/t34-/m1/s1. The average molecular weight is 648 g/mol. The van der Waals surface area contributed by atoms with Gasteiger partial charge < -0.3 is 25.6 Å². The molecule has 0 bridgehead atoms. The van der Waals surface area contributed by atoms with Gasteiger partial charge in [-0.3, -0.25) is 14.3 Å². The Bertz CT molecular complexity index is 1850. The fourth-order valence-electron chi connectivity index (χ4n) is 5.83. The summed E-state index contributed by atoms with van der Waals surface area (Å²) in [5.74, 6) is -1.02. The van der Waals surface area contributed by atoms with E-state index in [1.54, 1.807) is 31.2 Å². The third-order valence-electron chi connectivity index (χ3n) is 8.70. The van der Waals surface area contributed by atoms with Gasteiger partial charge in [-0.2, -0.15) is 5.10 Å². The lowest BCUT2D eigenvalue weighted by molar-refractivity contribution is -0.117. The number of nitrogens with two attached hydrogens (primary N) is 1. The van der Waals surface area contributed by atoms with Gasteiger partial charge in [0.1, 0.15) is 34.1 Å². The minimum atomic E-state index is -1.60. The number of rotatable bonds is 13. The van der Waals surface area contributed by atoms with Gasteiger partial charge >= 0.3 is 0 Å². The number of nitrogens with zero attached hydrogens (tertiary/aromatic N) is 3. The third kappa shape index (κ3) is 6.13. The van der Waals surface area contributed by atoms with Gasteiger partial charge in [0.25, 0.3) is 5.91 Å². The first kappa shape index (κ1) is 30.4. The zero-order chi connectivity index (χ0) is 32.2. The molecule has 3 fully saturated rings. The number of ether oxygens (including phenoxy) is 2. The van der Waals surface area contributed by atoms with Crippen LogP contribution in [0.4, 0.5) is 4.39 Å². The van der Waals surface area contributed by atoms with Crippen LogP contribution in [0.3, 0.4) is 0 Å². The molecule has 3 saturated carbocycles. The van der Waals surface area contributed by atoms with E-state index < -0.39 is 17.3 Å². The van der Waals surface area contributed by atoms with Gasteiger partial charge in [-0.25, -0.2) is 9.37 Å². The van der Waals surface area contributed by atoms with Gasteiger partial charge in [0.2, 0.25) is 5.91 Å². The number of amides is 2. The normalized spacial score (nSPS) is 17.5. The average Bonchev–Trinajstić information content (AvgIpc) is 3.88. The second kappa shape index (κ2) is 11.9. The molecule has 0 unspecified atom stereocenters. The van der Waals surface area contributed by atoms with Crippen LogP contribution in [0.5, 0.6) is 11.5 Å². The van der Waals surface area contributed by atoms with E-state index in [4.69, 9.17) is 36.9 Å². The molecule has 2 heterocycles. The first-order valence-corrected chi connectivity index (χ1v) is 16.1. The molecule has 2 aromatic heterocycles. The summed E-state index contributed by atoms with van der Waals surface area (Å²) in [5, 5.41) is 20.7. The number of hydrogen-bond donors (Lipinski definition) is 3. The molecule has 12 heteroatoms. The van der Waals surface area contributed by atoms with Crippen LogP contribution >= 0.6 is 11.6 Å². The van der Waals surface area contributed by atoms with Crippen molar-refractivity contribution in [2.24, 2.45) is 11.7 Å². The highest BCUT2D eigenvalue weighted by Crippen LogP contribution is 2.47. The molecule has 0 spiro atoms. The Hall–Kier alpha value is -4.22. The number of benzene rings is 2. The predicted octanol–water partition coefficient (Wildman–Crippen LogP) is 5.22. The molecule has 3 aliphatic rings. The number of hydrogen-bond acceptors (Lipinski definition) is 7. The topological polar surface area (TPSA) is 142 Å². The smallest absolute Gasteiger partial charge is 0.251 e. The summed E-state index contributed by atoms with van der Waals surface area (Å²) in [6.45, 7) is 1.87. The molecule has 0 aliphatic heterocycles. The van der Waals surface area contributed by atoms with E-state index in [1.807, 2.05) is 10.9 Å². The van der Waals surface area contributed by atoms with Crippen molar-refractivity contribution >= 4 is 34.3 Å². The molecular formula is C34H35ClFN5O5. The minimum absolute atomic E-state index is 0.0591. The van der Waals surface area contributed by atoms with E-state index >= 15 is 0 Å². The van der Waals surface area contributed by atoms with Crippen molar-refractivity contribution in [2.45, 2.75) is 69.6 Å². The zero-order valence-corrected chi connectivity index (χ0v) is 26.1. The third-order valence-corrected chi connectivity index (χ3v) is 9.01. The molecule has 0 saturated heterocycles. The van der Waals surface area contributed by atoms with Gasteiger partial charge in [0.15, 0.2) is 0 Å². The summed E-state index contributed by atoms with van der Waals surface area (Å²) in [7, 11) is 0. The molecular weight excluding hydrogens is 613 g/mol. The van der Waals surface area contributed by atoms with Crippen LogP contribution in [0.15, 0.2) is 42.6 Å². The molecule has 0 radical (unpaired) electrons. The highest BCUT2D eigenvalue weighted by atomic mass is 35.5. The largest absolute Gasteiger partial charge is 0.491 e. The Balaban J connectivity index is 1.23. The first-order valence-electron chi connectivity index (χ1n) is 15.7. The minimum Gasteiger partial charge on any atom is -0.491 e. The first-order chi connectivity index (χ1) is 22.1. The Morgan fingerprint density at radius 3 is 2.59 bits per heavy atom. The maximum Gasteiger partial charge on any atom is 0.251 e. The van der Waals surface area contributed by atoms with Crippen molar-refractivity contribution in [2.75, 3.05) is 13.2 Å². The lowest BCUT2D eigenvalue weighted by Crippen LogP contribution is -2.43. The van der Waals surface area contributed by atoms with Gasteiger partial charge in [0, 0.05) is 28.3 Å². The molecule has 2 aromatic carbocycles. The van der Waals surface area contributed by atoms with Crippen molar-refractivity contribution in [3.63, 3.8) is 0 Å². The van der Waals surface area contributed by atoms with Crippen LogP contribution in [0.2, 0.25) is 5.02 Å². The number of halogens is 2. The fraction of sp³-hybridized carbons (Fsp3) is 0.412. The van der Waals surface area contributed by atoms with Crippen LogP contribution in [0, 0.1) is 11.7 Å². The highest BCUT2D eigenvalue weighted by molar-refractivity contribution is 6.30. The van der Waals surface area contributed by atoms with Crippen molar-refractivity contribution < 1.29 is 28.6 Å². The molecule has 240 valence electrons. The van der Waals surface area contributed by atoms with Crippen LogP contribution in [-0.4, -0.2) is 50.9 Å². The van der Waals surface area contributed by atoms with E-state index in [0.717, 1.165) is 36.6 Å². The lowest BCUT2D eigenvalue weighted by Gasteiger charge is -2.30. The molecule has 46 heavy (non-hydrogen) atoms. The SMILES string of the molecule is CCOc1c(CC(N)=O)cc([C@@](O)(CNC(=O)c2cc(OC3CC3)c3nn(C4CC4)cc3c2)C2CC2)nc1-c1ccc(Cl)c(F)c1. The highest BCUT2D eigenvalue weighted by Gasteiger charge is 2.47. The molecule has 3 aliphatic carbocycles. The van der Waals surface area contributed by atoms with E-state index in [2.05, 4.69) is 5.32 Å². The van der Waals surface area contributed by atoms with E-state index in [0.29, 0.717) is 41.3 Å². The van der Waals surface area contributed by atoms with Crippen LogP contribution in [0.25, 0.3) is 22.2 Å². The number of nitrogens with one attached hydrogen (secondary N) is 1. The van der Waals surface area contributed by atoms with E-state index in [9.17, 15) is 19.1 Å². The maximum absolute atomic E-state index is 14.6. The summed E-state index contributed by atoms with van der Waals surface area (Å²) < 4.78 is 28.6.